The highest BCUT2D eigenvalue weighted by atomic mass is 19.1. The number of benzene rings is 2. The predicted octanol–water partition coefficient (Wildman–Crippen LogP) is 3.17. The molecule has 0 aliphatic carbocycles. The van der Waals surface area contributed by atoms with E-state index in [-0.39, 0.29) is 18.3 Å². The van der Waals surface area contributed by atoms with Crippen LogP contribution in [0.15, 0.2) is 48.5 Å². The second kappa shape index (κ2) is 6.88. The summed E-state index contributed by atoms with van der Waals surface area (Å²) < 4.78 is 18.3. The topological polar surface area (TPSA) is 29.5 Å². The Morgan fingerprint density at radius 3 is 2.57 bits per heavy atom. The Labute approximate surface area is 124 Å². The Balaban J connectivity index is 1.86. The first kappa shape index (κ1) is 15.0. The Hall–Kier alpha value is -2.36. The van der Waals surface area contributed by atoms with E-state index in [2.05, 4.69) is 0 Å². The second-order valence-electron chi connectivity index (χ2n) is 4.98. The highest BCUT2D eigenvalue weighted by Crippen LogP contribution is 2.12. The zero-order chi connectivity index (χ0) is 15.2. The molecule has 0 saturated heterocycles. The Morgan fingerprint density at radius 1 is 1.19 bits per heavy atom. The number of hydrogen-bond acceptors (Lipinski definition) is 2. The van der Waals surface area contributed by atoms with Gasteiger partial charge in [0.25, 0.3) is 5.91 Å². The highest BCUT2D eigenvalue weighted by Gasteiger charge is 2.10. The van der Waals surface area contributed by atoms with Crippen LogP contribution in [-0.2, 0) is 11.3 Å². The molecule has 110 valence electrons. The quantitative estimate of drug-likeness (QED) is 0.845. The number of aryl methyl sites for hydroxylation is 1. The van der Waals surface area contributed by atoms with Gasteiger partial charge in [0.15, 0.2) is 6.61 Å². The summed E-state index contributed by atoms with van der Waals surface area (Å²) in [7, 11) is 1.70. The molecule has 0 radical (unpaired) electrons. The number of carbonyl (C=O) groups is 1. The molecule has 3 nitrogen and oxygen atoms in total. The fourth-order valence-corrected chi connectivity index (χ4v) is 1.91. The van der Waals surface area contributed by atoms with Crippen LogP contribution in [0.1, 0.15) is 11.1 Å². The number of nitrogens with zero attached hydrogens (tertiary/aromatic N) is 1. The average molecular weight is 287 g/mol. The van der Waals surface area contributed by atoms with Crippen LogP contribution >= 0.6 is 0 Å². The lowest BCUT2D eigenvalue weighted by Crippen LogP contribution is -2.30. The maximum atomic E-state index is 12.8. The minimum Gasteiger partial charge on any atom is -0.484 e. The molecule has 0 unspecified atom stereocenters. The molecule has 0 aliphatic heterocycles. The zero-order valence-electron chi connectivity index (χ0n) is 12.2. The lowest BCUT2D eigenvalue weighted by Gasteiger charge is -2.17. The summed E-state index contributed by atoms with van der Waals surface area (Å²) in [6.45, 7) is 2.38. The predicted molar refractivity (Wildman–Crippen MR) is 79.5 cm³/mol. The van der Waals surface area contributed by atoms with Crippen molar-refractivity contribution in [3.8, 4) is 5.75 Å². The third-order valence-electron chi connectivity index (χ3n) is 3.11. The van der Waals surface area contributed by atoms with Gasteiger partial charge in [-0.1, -0.05) is 24.3 Å². The summed E-state index contributed by atoms with van der Waals surface area (Å²) in [4.78, 5) is 13.6. The Kier molecular flexibility index (Phi) is 4.93. The molecule has 2 rings (SSSR count). The first-order valence-corrected chi connectivity index (χ1v) is 6.72. The van der Waals surface area contributed by atoms with Crippen LogP contribution < -0.4 is 4.74 Å². The summed E-state index contributed by atoms with van der Waals surface area (Å²) >= 11 is 0. The molecule has 21 heavy (non-hydrogen) atoms. The van der Waals surface area contributed by atoms with Crippen LogP contribution in [0.2, 0.25) is 0 Å². The van der Waals surface area contributed by atoms with Gasteiger partial charge < -0.3 is 9.64 Å². The standard InChI is InChI=1S/C17H18FNO2/c1-13-4-3-5-16(10-13)21-12-17(20)19(2)11-14-6-8-15(18)9-7-14/h3-10H,11-12H2,1-2H3. The van der Waals surface area contributed by atoms with Crippen molar-refractivity contribution in [2.75, 3.05) is 13.7 Å². The third-order valence-corrected chi connectivity index (χ3v) is 3.11. The van der Waals surface area contributed by atoms with E-state index >= 15 is 0 Å². The number of amides is 1. The van der Waals surface area contributed by atoms with Crippen LogP contribution in [0.4, 0.5) is 4.39 Å². The molecule has 0 atom stereocenters. The van der Waals surface area contributed by atoms with Gasteiger partial charge in [-0.25, -0.2) is 4.39 Å². The third kappa shape index (κ3) is 4.60. The summed E-state index contributed by atoms with van der Waals surface area (Å²) in [6.07, 6.45) is 0. The number of likely N-dealkylation sites (N-methyl/N-ethyl adjacent to an activating group) is 1. The van der Waals surface area contributed by atoms with Crippen LogP contribution in [0.5, 0.6) is 5.75 Å². The fourth-order valence-electron chi connectivity index (χ4n) is 1.91. The number of carbonyl (C=O) groups excluding carboxylic acids is 1. The molecule has 0 fully saturated rings. The Morgan fingerprint density at radius 2 is 1.90 bits per heavy atom. The summed E-state index contributed by atoms with van der Waals surface area (Å²) in [5.74, 6) is 0.273. The Bertz CT molecular complexity index is 610. The summed E-state index contributed by atoms with van der Waals surface area (Å²) in [5.41, 5.74) is 1.96. The van der Waals surface area contributed by atoms with Gasteiger partial charge in [0.1, 0.15) is 11.6 Å². The van der Waals surface area contributed by atoms with Crippen molar-refractivity contribution in [2.24, 2.45) is 0 Å². The summed E-state index contributed by atoms with van der Waals surface area (Å²) in [5, 5.41) is 0. The zero-order valence-corrected chi connectivity index (χ0v) is 12.2. The van der Waals surface area contributed by atoms with Gasteiger partial charge in [-0.3, -0.25) is 4.79 Å². The molecule has 0 spiro atoms. The van der Waals surface area contributed by atoms with Gasteiger partial charge in [0, 0.05) is 13.6 Å². The lowest BCUT2D eigenvalue weighted by molar-refractivity contribution is -0.132. The van der Waals surface area contributed by atoms with E-state index in [0.717, 1.165) is 11.1 Å². The van der Waals surface area contributed by atoms with Crippen molar-refractivity contribution >= 4 is 5.91 Å². The van der Waals surface area contributed by atoms with E-state index in [1.807, 2.05) is 31.2 Å². The smallest absolute Gasteiger partial charge is 0.260 e. The number of ether oxygens (including phenoxy) is 1. The van der Waals surface area contributed by atoms with Gasteiger partial charge in [0.05, 0.1) is 0 Å². The minimum absolute atomic E-state index is 0.0127. The maximum absolute atomic E-state index is 12.8. The van der Waals surface area contributed by atoms with Crippen molar-refractivity contribution < 1.29 is 13.9 Å². The molecule has 1 amide bonds. The summed E-state index contributed by atoms with van der Waals surface area (Å²) in [6, 6.07) is 13.7. The number of rotatable bonds is 5. The minimum atomic E-state index is -0.282. The molecular formula is C17H18FNO2. The van der Waals surface area contributed by atoms with E-state index in [9.17, 15) is 9.18 Å². The van der Waals surface area contributed by atoms with E-state index in [1.165, 1.54) is 12.1 Å². The molecule has 0 aliphatic rings. The molecular weight excluding hydrogens is 269 g/mol. The number of halogens is 1. The lowest BCUT2D eigenvalue weighted by atomic mass is 10.2. The van der Waals surface area contributed by atoms with Crippen molar-refractivity contribution in [2.45, 2.75) is 13.5 Å². The van der Waals surface area contributed by atoms with Crippen molar-refractivity contribution in [1.29, 1.82) is 0 Å². The molecule has 0 heterocycles. The molecule has 2 aromatic carbocycles. The van der Waals surface area contributed by atoms with E-state index in [0.29, 0.717) is 12.3 Å². The molecule has 2 aromatic rings. The molecule has 4 heteroatoms. The fraction of sp³-hybridized carbons (Fsp3) is 0.235. The van der Waals surface area contributed by atoms with Gasteiger partial charge in [-0.05, 0) is 42.3 Å². The van der Waals surface area contributed by atoms with Crippen LogP contribution in [0, 0.1) is 12.7 Å². The van der Waals surface area contributed by atoms with Crippen molar-refractivity contribution in [3.63, 3.8) is 0 Å². The highest BCUT2D eigenvalue weighted by molar-refractivity contribution is 5.77. The van der Waals surface area contributed by atoms with Gasteiger partial charge in [0.2, 0.25) is 0 Å². The maximum Gasteiger partial charge on any atom is 0.260 e. The van der Waals surface area contributed by atoms with Crippen LogP contribution in [0.3, 0.4) is 0 Å². The molecule has 0 bridgehead atoms. The van der Waals surface area contributed by atoms with Gasteiger partial charge >= 0.3 is 0 Å². The van der Waals surface area contributed by atoms with E-state index < -0.39 is 0 Å². The molecule has 0 aromatic heterocycles. The normalized spacial score (nSPS) is 10.2. The largest absolute Gasteiger partial charge is 0.484 e. The second-order valence-corrected chi connectivity index (χ2v) is 4.98. The number of hydrogen-bond donors (Lipinski definition) is 0. The van der Waals surface area contributed by atoms with Crippen LogP contribution in [0.25, 0.3) is 0 Å². The van der Waals surface area contributed by atoms with E-state index in [4.69, 9.17) is 4.74 Å². The van der Waals surface area contributed by atoms with E-state index in [1.54, 1.807) is 24.1 Å². The first-order chi connectivity index (χ1) is 10.0. The van der Waals surface area contributed by atoms with Crippen molar-refractivity contribution in [1.82, 2.24) is 4.90 Å². The SMILES string of the molecule is Cc1cccc(OCC(=O)N(C)Cc2ccc(F)cc2)c1. The monoisotopic (exact) mass is 287 g/mol. The molecule has 0 saturated carbocycles. The van der Waals surface area contributed by atoms with Crippen molar-refractivity contribution in [3.05, 3.63) is 65.5 Å². The van der Waals surface area contributed by atoms with Crippen LogP contribution in [-0.4, -0.2) is 24.5 Å². The van der Waals surface area contributed by atoms with Gasteiger partial charge in [-0.2, -0.15) is 0 Å². The average Bonchev–Trinajstić information content (AvgIpc) is 2.47. The first-order valence-electron chi connectivity index (χ1n) is 6.72. The molecule has 0 N–H and O–H groups in total. The van der Waals surface area contributed by atoms with Gasteiger partial charge in [-0.15, -0.1) is 0 Å².